The highest BCUT2D eigenvalue weighted by atomic mass is 79.9. The fraction of sp³-hybridized carbons (Fsp3) is 0.562. The van der Waals surface area contributed by atoms with Crippen LogP contribution in [0.3, 0.4) is 0 Å². The number of nitrogens with one attached hydrogen (secondary N) is 1. The highest BCUT2D eigenvalue weighted by Gasteiger charge is 2.26. The average Bonchev–Trinajstić information content (AvgIpc) is 2.45. The van der Waals surface area contributed by atoms with E-state index in [4.69, 9.17) is 9.47 Å². The van der Waals surface area contributed by atoms with Crippen molar-refractivity contribution < 1.29 is 19.1 Å². The second kappa shape index (κ2) is 8.29. The van der Waals surface area contributed by atoms with Crippen molar-refractivity contribution >= 4 is 28.0 Å². The molecule has 0 saturated heterocycles. The zero-order chi connectivity index (χ0) is 17.6. The Kier molecular flexibility index (Phi) is 7.00. The number of carbonyl (C=O) groups excluding carboxylic acids is 2. The number of alkyl halides is 1. The number of ether oxygens (including phenoxy) is 2. The van der Waals surface area contributed by atoms with E-state index < -0.39 is 23.7 Å². The molecule has 1 aromatic rings. The zero-order valence-electron chi connectivity index (χ0n) is 14.1. The summed E-state index contributed by atoms with van der Waals surface area (Å²) in [6.07, 6.45) is 1.25. The van der Waals surface area contributed by atoms with Gasteiger partial charge in [-0.3, -0.25) is 4.98 Å². The zero-order valence-corrected chi connectivity index (χ0v) is 15.7. The smallest absolute Gasteiger partial charge is 0.408 e. The highest BCUT2D eigenvalue weighted by Crippen LogP contribution is 2.16. The van der Waals surface area contributed by atoms with Crippen molar-refractivity contribution in [3.63, 3.8) is 0 Å². The molecule has 1 aromatic heterocycles. The molecule has 0 aromatic carbocycles. The summed E-state index contributed by atoms with van der Waals surface area (Å²) in [4.78, 5) is 28.2. The molecule has 0 bridgehead atoms. The van der Waals surface area contributed by atoms with Gasteiger partial charge in [-0.15, -0.1) is 0 Å². The Morgan fingerprint density at radius 3 is 2.57 bits per heavy atom. The minimum atomic E-state index is -0.855. The molecule has 0 unspecified atom stereocenters. The topological polar surface area (TPSA) is 77.5 Å². The molecule has 0 aliphatic heterocycles. The number of nitrogens with zero attached hydrogens (tertiary/aromatic N) is 1. The number of hydrogen-bond acceptors (Lipinski definition) is 5. The maximum atomic E-state index is 12.0. The van der Waals surface area contributed by atoms with Crippen LogP contribution in [-0.2, 0) is 26.0 Å². The molecule has 0 aliphatic carbocycles. The van der Waals surface area contributed by atoms with Crippen LogP contribution in [0.5, 0.6) is 0 Å². The molecule has 0 radical (unpaired) electrons. The molecular formula is C16H23BrN2O4. The Labute approximate surface area is 145 Å². The molecule has 1 amide bonds. The van der Waals surface area contributed by atoms with E-state index in [1.165, 1.54) is 7.11 Å². The van der Waals surface area contributed by atoms with E-state index in [0.29, 0.717) is 5.33 Å². The first-order valence-electron chi connectivity index (χ1n) is 7.24. The van der Waals surface area contributed by atoms with Crippen LogP contribution in [0.2, 0.25) is 0 Å². The van der Waals surface area contributed by atoms with Crippen molar-refractivity contribution in [1.82, 2.24) is 10.3 Å². The second-order valence-electron chi connectivity index (χ2n) is 6.10. The fourth-order valence-electron chi connectivity index (χ4n) is 1.95. The molecule has 23 heavy (non-hydrogen) atoms. The number of rotatable bonds is 5. The lowest BCUT2D eigenvalue weighted by atomic mass is 10.0. The van der Waals surface area contributed by atoms with E-state index in [0.717, 1.165) is 16.8 Å². The predicted molar refractivity (Wildman–Crippen MR) is 90.5 cm³/mol. The number of amides is 1. The van der Waals surface area contributed by atoms with Gasteiger partial charge in [0.2, 0.25) is 0 Å². The van der Waals surface area contributed by atoms with Crippen LogP contribution in [0.4, 0.5) is 4.79 Å². The molecule has 0 aliphatic rings. The van der Waals surface area contributed by atoms with Crippen molar-refractivity contribution in [2.45, 2.75) is 51.1 Å². The molecule has 1 heterocycles. The van der Waals surface area contributed by atoms with Crippen molar-refractivity contribution in [2.24, 2.45) is 0 Å². The maximum Gasteiger partial charge on any atom is 0.408 e. The molecule has 1 rings (SSSR count). The Hall–Kier alpha value is -1.63. The van der Waals surface area contributed by atoms with Crippen molar-refractivity contribution in [3.05, 3.63) is 29.1 Å². The van der Waals surface area contributed by atoms with Gasteiger partial charge in [0.1, 0.15) is 11.6 Å². The minimum absolute atomic E-state index is 0.235. The van der Waals surface area contributed by atoms with Crippen LogP contribution in [0.25, 0.3) is 0 Å². The summed E-state index contributed by atoms with van der Waals surface area (Å²) < 4.78 is 9.96. The molecule has 7 heteroatoms. The fourth-order valence-corrected chi connectivity index (χ4v) is 2.56. The number of hydrogen-bond donors (Lipinski definition) is 1. The largest absolute Gasteiger partial charge is 0.467 e. The molecule has 1 atom stereocenters. The van der Waals surface area contributed by atoms with E-state index in [2.05, 4.69) is 26.2 Å². The number of esters is 1. The van der Waals surface area contributed by atoms with Crippen molar-refractivity contribution in [3.8, 4) is 0 Å². The normalized spacial score (nSPS) is 12.4. The number of carbonyl (C=O) groups is 2. The van der Waals surface area contributed by atoms with Gasteiger partial charge < -0.3 is 14.8 Å². The van der Waals surface area contributed by atoms with Crippen LogP contribution in [0.1, 0.15) is 37.6 Å². The average molecular weight is 387 g/mol. The standard InChI is InChI=1S/C16H23BrN2O4/c1-10-11(9-17)6-7-18-12(10)8-13(14(20)22-5)19-15(21)23-16(2,3)4/h6-7,13H,8-9H2,1-5H3,(H,19,21)/t13-/m0/s1. The van der Waals surface area contributed by atoms with Crippen molar-refractivity contribution in [2.75, 3.05) is 7.11 Å². The lowest BCUT2D eigenvalue weighted by Crippen LogP contribution is -2.45. The number of aromatic nitrogens is 1. The first-order chi connectivity index (χ1) is 10.7. The highest BCUT2D eigenvalue weighted by molar-refractivity contribution is 9.08. The third kappa shape index (κ3) is 6.17. The predicted octanol–water partition coefficient (Wildman–Crippen LogP) is 2.89. The van der Waals surface area contributed by atoms with E-state index >= 15 is 0 Å². The third-order valence-electron chi connectivity index (χ3n) is 3.14. The summed E-state index contributed by atoms with van der Waals surface area (Å²) >= 11 is 3.42. The minimum Gasteiger partial charge on any atom is -0.467 e. The lowest BCUT2D eigenvalue weighted by Gasteiger charge is -2.23. The summed E-state index contributed by atoms with van der Waals surface area (Å²) in [5, 5.41) is 3.24. The lowest BCUT2D eigenvalue weighted by molar-refractivity contribution is -0.143. The Bertz CT molecular complexity index is 570. The monoisotopic (exact) mass is 386 g/mol. The summed E-state index contributed by atoms with van der Waals surface area (Å²) in [6.45, 7) is 7.20. The Balaban J connectivity index is 2.92. The van der Waals surface area contributed by atoms with Gasteiger partial charge in [0.05, 0.1) is 7.11 Å². The summed E-state index contributed by atoms with van der Waals surface area (Å²) in [7, 11) is 1.28. The van der Waals surface area contributed by atoms with E-state index in [9.17, 15) is 9.59 Å². The summed E-state index contributed by atoms with van der Waals surface area (Å²) in [5.41, 5.74) is 2.14. The molecular weight excluding hydrogens is 364 g/mol. The SMILES string of the molecule is COC(=O)[C@H](Cc1nccc(CBr)c1C)NC(=O)OC(C)(C)C. The Morgan fingerprint density at radius 1 is 1.39 bits per heavy atom. The molecule has 1 N–H and O–H groups in total. The van der Waals surface area contributed by atoms with Crippen LogP contribution < -0.4 is 5.32 Å². The van der Waals surface area contributed by atoms with Crippen molar-refractivity contribution in [1.29, 1.82) is 0 Å². The van der Waals surface area contributed by atoms with E-state index in [1.807, 2.05) is 13.0 Å². The first kappa shape index (κ1) is 19.4. The number of alkyl carbamates (subject to hydrolysis) is 1. The van der Waals surface area contributed by atoms with Gasteiger partial charge in [0, 0.05) is 23.6 Å². The quantitative estimate of drug-likeness (QED) is 0.621. The molecule has 6 nitrogen and oxygen atoms in total. The molecule has 0 fully saturated rings. The number of halogens is 1. The molecule has 0 spiro atoms. The van der Waals surface area contributed by atoms with E-state index in [-0.39, 0.29) is 6.42 Å². The maximum absolute atomic E-state index is 12.0. The van der Waals surface area contributed by atoms with Crippen LogP contribution in [-0.4, -0.2) is 35.8 Å². The van der Waals surface area contributed by atoms with Gasteiger partial charge in [0.25, 0.3) is 0 Å². The second-order valence-corrected chi connectivity index (χ2v) is 6.66. The Morgan fingerprint density at radius 2 is 2.04 bits per heavy atom. The van der Waals surface area contributed by atoms with Gasteiger partial charge in [0.15, 0.2) is 0 Å². The van der Waals surface area contributed by atoms with E-state index in [1.54, 1.807) is 27.0 Å². The molecule has 0 saturated carbocycles. The third-order valence-corrected chi connectivity index (χ3v) is 3.74. The first-order valence-corrected chi connectivity index (χ1v) is 8.36. The number of methoxy groups -OCH3 is 1. The van der Waals surface area contributed by atoms with Gasteiger partial charge in [-0.2, -0.15) is 0 Å². The number of pyridine rings is 1. The summed E-state index contributed by atoms with van der Waals surface area (Å²) in [5.74, 6) is -0.540. The van der Waals surface area contributed by atoms with Gasteiger partial charge in [-0.05, 0) is 44.9 Å². The van der Waals surface area contributed by atoms with Gasteiger partial charge >= 0.3 is 12.1 Å². The summed E-state index contributed by atoms with van der Waals surface area (Å²) in [6, 6.07) is 1.05. The van der Waals surface area contributed by atoms with Gasteiger partial charge in [-0.1, -0.05) is 15.9 Å². The van der Waals surface area contributed by atoms with Crippen LogP contribution in [0, 0.1) is 6.92 Å². The van der Waals surface area contributed by atoms with Gasteiger partial charge in [-0.25, -0.2) is 9.59 Å². The van der Waals surface area contributed by atoms with Crippen LogP contribution >= 0.6 is 15.9 Å². The molecule has 128 valence electrons. The van der Waals surface area contributed by atoms with Crippen LogP contribution in [0.15, 0.2) is 12.3 Å².